The monoisotopic (exact) mass is 368 g/mol. The molecule has 2 heterocycles. The minimum absolute atomic E-state index is 0.114. The van der Waals surface area contributed by atoms with Gasteiger partial charge in [-0.25, -0.2) is 0 Å². The van der Waals surface area contributed by atoms with Gasteiger partial charge in [0.05, 0.1) is 12.8 Å². The fourth-order valence-corrected chi connectivity index (χ4v) is 5.02. The van der Waals surface area contributed by atoms with Gasteiger partial charge in [0.1, 0.15) is 0 Å². The van der Waals surface area contributed by atoms with Crippen LogP contribution < -0.4 is 11.5 Å². The van der Waals surface area contributed by atoms with Gasteiger partial charge in [-0.3, -0.25) is 9.59 Å². The van der Waals surface area contributed by atoms with E-state index in [0.29, 0.717) is 0 Å². The lowest BCUT2D eigenvalue weighted by Gasteiger charge is -2.05. The third kappa shape index (κ3) is 4.21. The van der Waals surface area contributed by atoms with Gasteiger partial charge in [0.2, 0.25) is 0 Å². The quantitative estimate of drug-likeness (QED) is 0.595. The highest BCUT2D eigenvalue weighted by molar-refractivity contribution is 7.22. The molecule has 2 unspecified atom stereocenters. The first-order valence-electron chi connectivity index (χ1n) is 7.34. The average molecular weight is 368 g/mol. The topological polar surface area (TPSA) is 127 Å². The molecule has 0 bridgehead atoms. The maximum Gasteiger partial charge on any atom is 0.305 e. The van der Waals surface area contributed by atoms with E-state index < -0.39 is 24.0 Å². The van der Waals surface area contributed by atoms with E-state index in [1.165, 1.54) is 22.7 Å². The van der Waals surface area contributed by atoms with E-state index in [1.54, 1.807) is 0 Å². The van der Waals surface area contributed by atoms with Gasteiger partial charge in [-0.2, -0.15) is 0 Å². The fraction of sp³-hybridized carbons (Fsp3) is 0.375. The van der Waals surface area contributed by atoms with Crippen LogP contribution >= 0.6 is 22.7 Å². The van der Waals surface area contributed by atoms with Crippen molar-refractivity contribution in [3.63, 3.8) is 0 Å². The third-order valence-corrected chi connectivity index (χ3v) is 6.50. The van der Waals surface area contributed by atoms with Crippen LogP contribution in [0.15, 0.2) is 12.1 Å². The maximum atomic E-state index is 10.8. The molecular weight excluding hydrogens is 348 g/mol. The Bertz CT molecular complexity index is 702. The van der Waals surface area contributed by atoms with Gasteiger partial charge >= 0.3 is 11.9 Å². The van der Waals surface area contributed by atoms with Crippen LogP contribution in [0.3, 0.4) is 0 Å². The van der Waals surface area contributed by atoms with Crippen LogP contribution in [0.2, 0.25) is 0 Å². The molecule has 0 amide bonds. The van der Waals surface area contributed by atoms with Gasteiger partial charge in [-0.05, 0) is 37.1 Å². The molecule has 0 fully saturated rings. The Hall–Kier alpha value is -1.74. The summed E-state index contributed by atoms with van der Waals surface area (Å²) in [6.45, 7) is 3.91. The molecule has 130 valence electrons. The van der Waals surface area contributed by atoms with E-state index in [1.807, 2.05) is 26.0 Å². The molecule has 6 N–H and O–H groups in total. The molecule has 24 heavy (non-hydrogen) atoms. The van der Waals surface area contributed by atoms with Crippen molar-refractivity contribution < 1.29 is 19.8 Å². The lowest BCUT2D eigenvalue weighted by molar-refractivity contribution is -0.138. The normalized spacial score (nSPS) is 13.7. The highest BCUT2D eigenvalue weighted by atomic mass is 32.1. The van der Waals surface area contributed by atoms with Gasteiger partial charge in [-0.15, -0.1) is 22.7 Å². The molecule has 0 radical (unpaired) electrons. The lowest BCUT2D eigenvalue weighted by atomic mass is 10.1. The summed E-state index contributed by atoms with van der Waals surface area (Å²) in [6.07, 6.45) is -0.227. The summed E-state index contributed by atoms with van der Waals surface area (Å²) >= 11 is 2.96. The SMILES string of the molecule is Cc1cc(C(N)CC(=O)O)sc1-c1sc(C(N)CC(=O)O)cc1C. The lowest BCUT2D eigenvalue weighted by Crippen LogP contribution is -2.13. The van der Waals surface area contributed by atoms with Gasteiger partial charge in [0.25, 0.3) is 0 Å². The zero-order valence-electron chi connectivity index (χ0n) is 13.4. The number of carboxylic acid groups (broad SMARTS) is 2. The Morgan fingerprint density at radius 1 is 0.917 bits per heavy atom. The summed E-state index contributed by atoms with van der Waals surface area (Å²) in [6, 6.07) is 2.77. The van der Waals surface area contributed by atoms with Crippen LogP contribution in [0.5, 0.6) is 0 Å². The molecule has 6 nitrogen and oxygen atoms in total. The molecule has 0 aliphatic rings. The van der Waals surface area contributed by atoms with E-state index in [-0.39, 0.29) is 12.8 Å². The molecule has 0 saturated heterocycles. The van der Waals surface area contributed by atoms with E-state index in [4.69, 9.17) is 21.7 Å². The summed E-state index contributed by atoms with van der Waals surface area (Å²) in [5.41, 5.74) is 14.0. The highest BCUT2D eigenvalue weighted by Crippen LogP contribution is 2.42. The highest BCUT2D eigenvalue weighted by Gasteiger charge is 2.20. The first-order chi connectivity index (χ1) is 11.2. The number of carboxylic acids is 2. The average Bonchev–Trinajstić information content (AvgIpc) is 3.00. The number of aliphatic carboxylic acids is 2. The summed E-state index contributed by atoms with van der Waals surface area (Å²) in [5, 5.41) is 17.8. The second-order valence-electron chi connectivity index (χ2n) is 5.73. The molecular formula is C16H20N2O4S2. The number of hydrogen-bond donors (Lipinski definition) is 4. The molecule has 0 spiro atoms. The molecule has 0 aliphatic carbocycles. The largest absolute Gasteiger partial charge is 0.481 e. The minimum Gasteiger partial charge on any atom is -0.481 e. The Morgan fingerprint density at radius 2 is 1.25 bits per heavy atom. The molecule has 2 atom stereocenters. The number of carbonyl (C=O) groups is 2. The Kier molecular flexibility index (Phi) is 5.76. The number of hydrogen-bond acceptors (Lipinski definition) is 6. The number of rotatable bonds is 7. The fourth-order valence-electron chi connectivity index (χ4n) is 2.41. The van der Waals surface area contributed by atoms with Crippen molar-refractivity contribution in [1.29, 1.82) is 0 Å². The van der Waals surface area contributed by atoms with Gasteiger partial charge in [0.15, 0.2) is 0 Å². The van der Waals surface area contributed by atoms with Crippen molar-refractivity contribution >= 4 is 34.6 Å². The third-order valence-electron chi connectivity index (χ3n) is 3.60. The van der Waals surface area contributed by atoms with E-state index in [0.717, 1.165) is 30.6 Å². The first kappa shape index (κ1) is 18.6. The summed E-state index contributed by atoms with van der Waals surface area (Å²) in [7, 11) is 0. The van der Waals surface area contributed by atoms with Crippen molar-refractivity contribution in [2.24, 2.45) is 11.5 Å². The zero-order valence-corrected chi connectivity index (χ0v) is 15.0. The molecule has 2 aromatic rings. The van der Waals surface area contributed by atoms with Crippen LogP contribution in [0.4, 0.5) is 0 Å². The number of thiophene rings is 2. The summed E-state index contributed by atoms with van der Waals surface area (Å²) in [4.78, 5) is 25.4. The minimum atomic E-state index is -0.927. The zero-order chi connectivity index (χ0) is 18.0. The van der Waals surface area contributed by atoms with Crippen molar-refractivity contribution in [2.45, 2.75) is 38.8 Å². The Morgan fingerprint density at radius 3 is 1.54 bits per heavy atom. The second kappa shape index (κ2) is 7.43. The van der Waals surface area contributed by atoms with Crippen LogP contribution in [-0.2, 0) is 9.59 Å². The summed E-state index contributed by atoms with van der Waals surface area (Å²) < 4.78 is 0. The second-order valence-corrected chi connectivity index (χ2v) is 7.90. The molecule has 2 rings (SSSR count). The van der Waals surface area contributed by atoms with Crippen molar-refractivity contribution in [3.05, 3.63) is 33.0 Å². The van der Waals surface area contributed by atoms with Gasteiger partial charge < -0.3 is 21.7 Å². The van der Waals surface area contributed by atoms with Crippen LogP contribution in [0.1, 0.15) is 45.8 Å². The Balaban J connectivity index is 2.32. The molecule has 8 heteroatoms. The maximum absolute atomic E-state index is 10.8. The van der Waals surface area contributed by atoms with Crippen molar-refractivity contribution in [1.82, 2.24) is 0 Å². The molecule has 0 saturated carbocycles. The van der Waals surface area contributed by atoms with Crippen molar-refractivity contribution in [2.75, 3.05) is 0 Å². The van der Waals surface area contributed by atoms with Crippen LogP contribution in [-0.4, -0.2) is 22.2 Å². The van der Waals surface area contributed by atoms with E-state index >= 15 is 0 Å². The van der Waals surface area contributed by atoms with Crippen LogP contribution in [0.25, 0.3) is 9.75 Å². The Labute approximate surface area is 147 Å². The number of aryl methyl sites for hydroxylation is 2. The predicted molar refractivity (Wildman–Crippen MR) is 95.5 cm³/mol. The molecule has 0 aromatic carbocycles. The molecule has 2 aromatic heterocycles. The predicted octanol–water partition coefficient (Wildman–Crippen LogP) is 3.04. The number of nitrogens with two attached hydrogens (primary N) is 2. The standard InChI is InChI=1S/C16H20N2O4S2/c1-7-3-11(9(17)5-13(19)20)23-15(7)16-8(2)4-12(24-16)10(18)6-14(21)22/h3-4,9-10H,5-6,17-18H2,1-2H3,(H,19,20)(H,21,22). The summed E-state index contributed by atoms with van der Waals surface area (Å²) in [5.74, 6) is -1.85. The first-order valence-corrected chi connectivity index (χ1v) is 8.98. The van der Waals surface area contributed by atoms with Crippen molar-refractivity contribution in [3.8, 4) is 9.75 Å². The smallest absolute Gasteiger partial charge is 0.305 e. The van der Waals surface area contributed by atoms with E-state index in [9.17, 15) is 9.59 Å². The van der Waals surface area contributed by atoms with E-state index in [2.05, 4.69) is 0 Å². The van der Waals surface area contributed by atoms with Gasteiger partial charge in [0, 0.05) is 31.6 Å². The molecule has 0 aliphatic heterocycles. The van der Waals surface area contributed by atoms with Crippen LogP contribution in [0, 0.1) is 13.8 Å². The van der Waals surface area contributed by atoms with Gasteiger partial charge in [-0.1, -0.05) is 0 Å².